The summed E-state index contributed by atoms with van der Waals surface area (Å²) in [5.74, 6) is -0.472. The molecule has 0 spiro atoms. The van der Waals surface area contributed by atoms with Crippen molar-refractivity contribution in [3.63, 3.8) is 0 Å². The maximum absolute atomic E-state index is 13.2. The number of aromatic nitrogens is 1. The van der Waals surface area contributed by atoms with E-state index in [4.69, 9.17) is 4.74 Å². The molecule has 0 fully saturated rings. The van der Waals surface area contributed by atoms with E-state index in [2.05, 4.69) is 10.3 Å². The van der Waals surface area contributed by atoms with Gasteiger partial charge in [0.2, 0.25) is 0 Å². The first kappa shape index (κ1) is 17.7. The van der Waals surface area contributed by atoms with Crippen LogP contribution in [0.15, 0.2) is 42.5 Å². The lowest BCUT2D eigenvalue weighted by Crippen LogP contribution is -2.24. The fourth-order valence-corrected chi connectivity index (χ4v) is 2.63. The normalized spacial score (nSPS) is 11.5. The lowest BCUT2D eigenvalue weighted by atomic mass is 10.1. The zero-order chi connectivity index (χ0) is 18.9. The Morgan fingerprint density at radius 2 is 1.96 bits per heavy atom. The van der Waals surface area contributed by atoms with Crippen molar-refractivity contribution in [2.45, 2.75) is 12.7 Å². The van der Waals surface area contributed by atoms with Gasteiger partial charge in [0, 0.05) is 29.1 Å². The second-order valence-corrected chi connectivity index (χ2v) is 5.66. The molecular formula is C18H15F3N2O3. The number of halogens is 3. The van der Waals surface area contributed by atoms with Crippen LogP contribution in [0.1, 0.15) is 21.5 Å². The van der Waals surface area contributed by atoms with Gasteiger partial charge in [0.1, 0.15) is 5.75 Å². The van der Waals surface area contributed by atoms with E-state index in [0.29, 0.717) is 10.9 Å². The highest BCUT2D eigenvalue weighted by molar-refractivity contribution is 5.98. The molecule has 26 heavy (non-hydrogen) atoms. The highest BCUT2D eigenvalue weighted by Crippen LogP contribution is 2.34. The van der Waals surface area contributed by atoms with Crippen LogP contribution in [-0.4, -0.2) is 23.1 Å². The zero-order valence-corrected chi connectivity index (χ0v) is 13.6. The second-order valence-electron chi connectivity index (χ2n) is 5.66. The predicted molar refractivity (Wildman–Crippen MR) is 89.1 cm³/mol. The van der Waals surface area contributed by atoms with Gasteiger partial charge in [-0.1, -0.05) is 12.1 Å². The number of nitrogens with one attached hydrogen (secondary N) is 2. The number of fused-ring (bicyclic) bond motifs is 1. The van der Waals surface area contributed by atoms with Crippen molar-refractivity contribution in [2.24, 2.45) is 0 Å². The molecule has 0 radical (unpaired) electrons. The van der Waals surface area contributed by atoms with Crippen LogP contribution in [0.4, 0.5) is 13.2 Å². The van der Waals surface area contributed by atoms with Crippen LogP contribution in [0.5, 0.6) is 11.6 Å². The summed E-state index contributed by atoms with van der Waals surface area (Å²) >= 11 is 0. The van der Waals surface area contributed by atoms with Crippen LogP contribution in [0, 0.1) is 0 Å². The second kappa shape index (κ2) is 6.62. The van der Waals surface area contributed by atoms with Crippen molar-refractivity contribution in [1.29, 1.82) is 0 Å². The van der Waals surface area contributed by atoms with E-state index in [1.807, 2.05) is 0 Å². The molecule has 3 rings (SSSR count). The summed E-state index contributed by atoms with van der Waals surface area (Å²) in [4.78, 5) is 14.9. The molecule has 1 heterocycles. The van der Waals surface area contributed by atoms with Crippen LogP contribution in [0.2, 0.25) is 0 Å². The third-order valence-electron chi connectivity index (χ3n) is 3.93. The van der Waals surface area contributed by atoms with Gasteiger partial charge in [-0.3, -0.25) is 4.79 Å². The van der Waals surface area contributed by atoms with Gasteiger partial charge in [0.15, 0.2) is 5.88 Å². The molecular weight excluding hydrogens is 349 g/mol. The molecule has 0 aliphatic heterocycles. The quantitative estimate of drug-likeness (QED) is 0.659. The first-order chi connectivity index (χ1) is 12.3. The predicted octanol–water partition coefficient (Wildman–Crippen LogP) is 3.83. The number of carbonyl (C=O) groups is 1. The molecule has 5 nitrogen and oxygen atoms in total. The van der Waals surface area contributed by atoms with Gasteiger partial charge in [0.05, 0.1) is 12.7 Å². The number of rotatable bonds is 4. The van der Waals surface area contributed by atoms with E-state index in [1.165, 1.54) is 37.4 Å². The molecule has 2 aromatic carbocycles. The highest BCUT2D eigenvalue weighted by atomic mass is 19.4. The van der Waals surface area contributed by atoms with Crippen molar-refractivity contribution < 1.29 is 27.8 Å². The summed E-state index contributed by atoms with van der Waals surface area (Å²) in [5, 5.41) is 12.6. The number of amides is 1. The van der Waals surface area contributed by atoms with E-state index >= 15 is 0 Å². The standard InChI is InChI=1S/C18H15F3N2O3/c1-26-13-5-4-12(14(8-13)18(19,20)21)9-22-17(25)11-3-2-10-7-16(24)23-15(10)6-11/h2-8,23-24H,9H2,1H3,(H,22,25). The number of H-pyrrole nitrogens is 1. The van der Waals surface area contributed by atoms with Crippen LogP contribution in [-0.2, 0) is 12.7 Å². The van der Waals surface area contributed by atoms with Gasteiger partial charge in [0.25, 0.3) is 5.91 Å². The molecule has 8 heteroatoms. The van der Waals surface area contributed by atoms with Gasteiger partial charge in [-0.05, 0) is 29.8 Å². The smallest absolute Gasteiger partial charge is 0.416 e. The van der Waals surface area contributed by atoms with Crippen molar-refractivity contribution in [3.8, 4) is 11.6 Å². The molecule has 0 aliphatic carbocycles. The van der Waals surface area contributed by atoms with Crippen molar-refractivity contribution in [2.75, 3.05) is 7.11 Å². The Kier molecular flexibility index (Phi) is 4.50. The van der Waals surface area contributed by atoms with Crippen LogP contribution >= 0.6 is 0 Å². The summed E-state index contributed by atoms with van der Waals surface area (Å²) in [6, 6.07) is 9.76. The Hall–Kier alpha value is -3.16. The number of carbonyl (C=O) groups excluding carboxylic acids is 1. The van der Waals surface area contributed by atoms with Crippen molar-refractivity contribution in [1.82, 2.24) is 10.3 Å². The molecule has 1 aromatic heterocycles. The number of ether oxygens (including phenoxy) is 1. The third-order valence-corrected chi connectivity index (χ3v) is 3.93. The summed E-state index contributed by atoms with van der Waals surface area (Å²) in [5.41, 5.74) is -0.107. The largest absolute Gasteiger partial charge is 0.497 e. The van der Waals surface area contributed by atoms with Gasteiger partial charge in [-0.25, -0.2) is 0 Å². The Balaban J connectivity index is 1.80. The summed E-state index contributed by atoms with van der Waals surface area (Å²) in [7, 11) is 1.28. The summed E-state index contributed by atoms with van der Waals surface area (Å²) < 4.78 is 44.4. The van der Waals surface area contributed by atoms with E-state index in [9.17, 15) is 23.1 Å². The fourth-order valence-electron chi connectivity index (χ4n) is 2.63. The Morgan fingerprint density at radius 3 is 2.65 bits per heavy atom. The Bertz CT molecular complexity index is 964. The summed E-state index contributed by atoms with van der Waals surface area (Å²) in [6.07, 6.45) is -4.56. The molecule has 3 aromatic rings. The summed E-state index contributed by atoms with van der Waals surface area (Å²) in [6.45, 7) is -0.286. The average Bonchev–Trinajstić information content (AvgIpc) is 2.97. The Labute approximate surface area is 146 Å². The molecule has 0 saturated heterocycles. The average molecular weight is 364 g/mol. The first-order valence-electron chi connectivity index (χ1n) is 7.62. The minimum absolute atomic E-state index is 0.0365. The number of methoxy groups -OCH3 is 1. The fraction of sp³-hybridized carbons (Fsp3) is 0.167. The molecule has 0 saturated carbocycles. The van der Waals surface area contributed by atoms with Crippen molar-refractivity contribution in [3.05, 3.63) is 59.2 Å². The zero-order valence-electron chi connectivity index (χ0n) is 13.6. The number of benzene rings is 2. The number of aromatic amines is 1. The molecule has 0 aliphatic rings. The van der Waals surface area contributed by atoms with Crippen LogP contribution in [0.25, 0.3) is 10.9 Å². The van der Waals surface area contributed by atoms with Gasteiger partial charge in [-0.15, -0.1) is 0 Å². The minimum Gasteiger partial charge on any atom is -0.497 e. The third kappa shape index (κ3) is 3.58. The number of hydrogen-bond acceptors (Lipinski definition) is 3. The molecule has 3 N–H and O–H groups in total. The van der Waals surface area contributed by atoms with E-state index in [1.54, 1.807) is 6.07 Å². The molecule has 0 unspecified atom stereocenters. The highest BCUT2D eigenvalue weighted by Gasteiger charge is 2.33. The maximum atomic E-state index is 13.2. The molecule has 1 amide bonds. The van der Waals surface area contributed by atoms with E-state index in [0.717, 1.165) is 6.07 Å². The Morgan fingerprint density at radius 1 is 1.19 bits per heavy atom. The molecule has 0 atom stereocenters. The van der Waals surface area contributed by atoms with Gasteiger partial charge >= 0.3 is 6.18 Å². The monoisotopic (exact) mass is 364 g/mol. The molecule has 136 valence electrons. The van der Waals surface area contributed by atoms with Crippen LogP contribution < -0.4 is 10.1 Å². The van der Waals surface area contributed by atoms with Gasteiger partial charge < -0.3 is 20.1 Å². The van der Waals surface area contributed by atoms with E-state index < -0.39 is 17.6 Å². The van der Waals surface area contributed by atoms with Crippen LogP contribution in [0.3, 0.4) is 0 Å². The topological polar surface area (TPSA) is 74.3 Å². The van der Waals surface area contributed by atoms with Crippen molar-refractivity contribution >= 4 is 16.8 Å². The van der Waals surface area contributed by atoms with Gasteiger partial charge in [-0.2, -0.15) is 13.2 Å². The number of hydrogen-bond donors (Lipinski definition) is 3. The first-order valence-corrected chi connectivity index (χ1v) is 7.62. The minimum atomic E-state index is -4.56. The number of aromatic hydroxyl groups is 1. The SMILES string of the molecule is COc1ccc(CNC(=O)c2ccc3cc(O)[nH]c3c2)c(C(F)(F)F)c1. The lowest BCUT2D eigenvalue weighted by Gasteiger charge is -2.15. The van der Waals surface area contributed by atoms with E-state index in [-0.39, 0.29) is 29.3 Å². The number of alkyl halides is 3. The maximum Gasteiger partial charge on any atom is 0.416 e. The lowest BCUT2D eigenvalue weighted by molar-refractivity contribution is -0.138. The molecule has 0 bridgehead atoms.